The summed E-state index contributed by atoms with van der Waals surface area (Å²) in [6.45, 7) is 0. The number of carboxylic acid groups (broad SMARTS) is 1. The van der Waals surface area contributed by atoms with Crippen LogP contribution in [0.3, 0.4) is 0 Å². The average Bonchev–Trinajstić information content (AvgIpc) is 3.23. The molecule has 2 nitrogen and oxygen atoms in total. The smallest absolute Gasteiger partial charge is 0.314 e. The van der Waals surface area contributed by atoms with E-state index < -0.39 is 17.2 Å². The molecule has 1 fully saturated rings. The minimum absolute atomic E-state index is 0. The van der Waals surface area contributed by atoms with Crippen LogP contribution in [0.15, 0.2) is 36.4 Å². The third-order valence-corrected chi connectivity index (χ3v) is 4.65. The molecule has 0 amide bonds. The predicted octanol–water partition coefficient (Wildman–Crippen LogP) is 5.55. The van der Waals surface area contributed by atoms with E-state index in [4.69, 9.17) is 23.2 Å². The maximum absolute atomic E-state index is 14.3. The van der Waals surface area contributed by atoms with Crippen molar-refractivity contribution in [3.63, 3.8) is 0 Å². The van der Waals surface area contributed by atoms with Crippen LogP contribution in [0.5, 0.6) is 0 Å². The molecule has 0 atom stereocenters. The second-order valence-electron chi connectivity index (χ2n) is 5.21. The quantitative estimate of drug-likeness (QED) is 0.794. The maximum atomic E-state index is 14.3. The Morgan fingerprint density at radius 3 is 2.27 bits per heavy atom. The first-order valence-electron chi connectivity index (χ1n) is 6.43. The summed E-state index contributed by atoms with van der Waals surface area (Å²) >= 11 is 11.8. The van der Waals surface area contributed by atoms with E-state index in [1.54, 1.807) is 30.3 Å². The fourth-order valence-corrected chi connectivity index (χ4v) is 2.76. The van der Waals surface area contributed by atoms with E-state index in [-0.39, 0.29) is 7.43 Å². The normalized spacial score (nSPS) is 15.0. The number of hydrogen-bond donors (Lipinski definition) is 1. The van der Waals surface area contributed by atoms with E-state index in [9.17, 15) is 14.3 Å². The molecule has 0 aromatic heterocycles. The first-order chi connectivity index (χ1) is 9.94. The van der Waals surface area contributed by atoms with Gasteiger partial charge in [-0.2, -0.15) is 0 Å². The molecule has 0 bridgehead atoms. The summed E-state index contributed by atoms with van der Waals surface area (Å²) in [5, 5.41) is 10.00. The minimum atomic E-state index is -0.906. The lowest BCUT2D eigenvalue weighted by molar-refractivity contribution is -0.140. The maximum Gasteiger partial charge on any atom is 0.314 e. The molecular formula is C17H15Cl2FO2. The zero-order valence-corrected chi connectivity index (χ0v) is 12.4. The molecule has 5 heteroatoms. The Kier molecular flexibility index (Phi) is 4.50. The molecular weight excluding hydrogens is 326 g/mol. The Bertz CT molecular complexity index is 739. The third-order valence-electron chi connectivity index (χ3n) is 3.91. The van der Waals surface area contributed by atoms with Gasteiger partial charge in [-0.3, -0.25) is 4.79 Å². The largest absolute Gasteiger partial charge is 0.481 e. The highest BCUT2D eigenvalue weighted by molar-refractivity contribution is 6.42. The van der Waals surface area contributed by atoms with Gasteiger partial charge in [-0.1, -0.05) is 48.8 Å². The number of halogens is 3. The van der Waals surface area contributed by atoms with Crippen LogP contribution in [-0.2, 0) is 10.2 Å². The van der Waals surface area contributed by atoms with Crippen molar-refractivity contribution in [3.8, 4) is 11.1 Å². The summed E-state index contributed by atoms with van der Waals surface area (Å²) in [5.41, 5.74) is 0.584. The summed E-state index contributed by atoms with van der Waals surface area (Å²) in [7, 11) is 0. The van der Waals surface area contributed by atoms with E-state index in [1.165, 1.54) is 6.07 Å². The summed E-state index contributed by atoms with van der Waals surface area (Å²) in [6, 6.07) is 9.43. The molecule has 2 aromatic rings. The highest BCUT2D eigenvalue weighted by atomic mass is 35.5. The summed E-state index contributed by atoms with van der Waals surface area (Å²) in [4.78, 5) is 11.3. The molecule has 0 spiro atoms. The summed E-state index contributed by atoms with van der Waals surface area (Å²) in [6.07, 6.45) is 1.10. The van der Waals surface area contributed by atoms with Crippen LogP contribution in [0.4, 0.5) is 4.39 Å². The van der Waals surface area contributed by atoms with Crippen molar-refractivity contribution >= 4 is 29.2 Å². The van der Waals surface area contributed by atoms with E-state index in [0.29, 0.717) is 39.6 Å². The van der Waals surface area contributed by atoms with E-state index in [1.807, 2.05) is 0 Å². The Morgan fingerprint density at radius 2 is 1.77 bits per heavy atom. The third kappa shape index (κ3) is 2.71. The Balaban J connectivity index is 0.00000176. The van der Waals surface area contributed by atoms with Gasteiger partial charge in [0, 0.05) is 5.56 Å². The standard InChI is InChI=1S/C16H11Cl2FO2.CH4/c17-12-4-1-9(7-13(12)18)11-3-2-10(8-14(11)19)16(5-6-16)15(20)21;/h1-4,7-8H,5-6H2,(H,20,21);1H4. The zero-order valence-electron chi connectivity index (χ0n) is 10.9. The van der Waals surface area contributed by atoms with E-state index >= 15 is 0 Å². The van der Waals surface area contributed by atoms with Crippen LogP contribution in [0.25, 0.3) is 11.1 Å². The monoisotopic (exact) mass is 340 g/mol. The van der Waals surface area contributed by atoms with Gasteiger partial charge in [0.1, 0.15) is 5.82 Å². The van der Waals surface area contributed by atoms with Crippen molar-refractivity contribution in [2.24, 2.45) is 0 Å². The molecule has 3 rings (SSSR count). The number of benzene rings is 2. The topological polar surface area (TPSA) is 37.3 Å². The predicted molar refractivity (Wildman–Crippen MR) is 87.1 cm³/mol. The van der Waals surface area contributed by atoms with Crippen LogP contribution >= 0.6 is 23.2 Å². The molecule has 0 heterocycles. The minimum Gasteiger partial charge on any atom is -0.481 e. The molecule has 1 N–H and O–H groups in total. The number of carbonyl (C=O) groups is 1. The molecule has 1 aliphatic carbocycles. The van der Waals surface area contributed by atoms with Gasteiger partial charge in [0.2, 0.25) is 0 Å². The SMILES string of the molecule is C.O=C(O)C1(c2ccc(-c3ccc(Cl)c(Cl)c3)c(F)c2)CC1. The van der Waals surface area contributed by atoms with Crippen molar-refractivity contribution < 1.29 is 14.3 Å². The van der Waals surface area contributed by atoms with Crippen molar-refractivity contribution in [2.75, 3.05) is 0 Å². The number of aliphatic carboxylic acids is 1. The van der Waals surface area contributed by atoms with Crippen LogP contribution in [0, 0.1) is 5.82 Å². The number of rotatable bonds is 3. The van der Waals surface area contributed by atoms with Crippen LogP contribution < -0.4 is 0 Å². The second kappa shape index (κ2) is 5.90. The van der Waals surface area contributed by atoms with Crippen molar-refractivity contribution in [3.05, 3.63) is 57.8 Å². The molecule has 1 saturated carbocycles. The fraction of sp³-hybridized carbons (Fsp3) is 0.235. The first kappa shape index (κ1) is 16.8. The van der Waals surface area contributed by atoms with Gasteiger partial charge >= 0.3 is 5.97 Å². The molecule has 1 aliphatic rings. The van der Waals surface area contributed by atoms with Gasteiger partial charge in [-0.05, 0) is 42.2 Å². The van der Waals surface area contributed by atoms with Gasteiger partial charge in [0.15, 0.2) is 0 Å². The first-order valence-corrected chi connectivity index (χ1v) is 7.18. The second-order valence-corrected chi connectivity index (χ2v) is 6.03. The number of carboxylic acids is 1. The molecule has 116 valence electrons. The summed E-state index contributed by atoms with van der Waals surface area (Å²) < 4.78 is 14.3. The van der Waals surface area contributed by atoms with Crippen LogP contribution in [0.1, 0.15) is 25.8 Å². The van der Waals surface area contributed by atoms with E-state index in [0.717, 1.165) is 0 Å². The molecule has 0 saturated heterocycles. The molecule has 2 aromatic carbocycles. The van der Waals surface area contributed by atoms with Gasteiger partial charge in [-0.15, -0.1) is 0 Å². The van der Waals surface area contributed by atoms with Crippen LogP contribution in [-0.4, -0.2) is 11.1 Å². The Hall–Kier alpha value is -1.58. The average molecular weight is 341 g/mol. The van der Waals surface area contributed by atoms with Crippen molar-refractivity contribution in [2.45, 2.75) is 25.7 Å². The van der Waals surface area contributed by atoms with Crippen molar-refractivity contribution in [1.29, 1.82) is 0 Å². The molecule has 0 unspecified atom stereocenters. The highest BCUT2D eigenvalue weighted by Crippen LogP contribution is 2.49. The van der Waals surface area contributed by atoms with Gasteiger partial charge < -0.3 is 5.11 Å². The van der Waals surface area contributed by atoms with E-state index in [2.05, 4.69) is 0 Å². The van der Waals surface area contributed by atoms with Gasteiger partial charge in [0.25, 0.3) is 0 Å². The molecule has 0 aliphatic heterocycles. The number of hydrogen-bond acceptors (Lipinski definition) is 1. The Morgan fingerprint density at radius 1 is 1.09 bits per heavy atom. The zero-order chi connectivity index (χ0) is 15.2. The lowest BCUT2D eigenvalue weighted by atomic mass is 9.93. The lowest BCUT2D eigenvalue weighted by Gasteiger charge is -2.12. The molecule has 0 radical (unpaired) electrons. The Labute approximate surface area is 138 Å². The fourth-order valence-electron chi connectivity index (χ4n) is 2.46. The summed E-state index contributed by atoms with van der Waals surface area (Å²) in [5.74, 6) is -1.36. The van der Waals surface area contributed by atoms with Crippen LogP contribution in [0.2, 0.25) is 10.0 Å². The highest BCUT2D eigenvalue weighted by Gasteiger charge is 2.51. The lowest BCUT2D eigenvalue weighted by Crippen LogP contribution is -2.19. The molecule has 22 heavy (non-hydrogen) atoms. The van der Waals surface area contributed by atoms with Gasteiger partial charge in [0.05, 0.1) is 15.5 Å². The van der Waals surface area contributed by atoms with Gasteiger partial charge in [-0.25, -0.2) is 4.39 Å². The van der Waals surface area contributed by atoms with Crippen molar-refractivity contribution in [1.82, 2.24) is 0 Å².